The van der Waals surface area contributed by atoms with Gasteiger partial charge in [-0.05, 0) is 58.7 Å². The van der Waals surface area contributed by atoms with Crippen LogP contribution < -0.4 is 5.32 Å². The summed E-state index contributed by atoms with van der Waals surface area (Å²) in [5.41, 5.74) is 5.56. The summed E-state index contributed by atoms with van der Waals surface area (Å²) in [4.78, 5) is 23.5. The summed E-state index contributed by atoms with van der Waals surface area (Å²) in [6, 6.07) is 29.4. The number of aromatic nitrogens is 3. The third-order valence-electron chi connectivity index (χ3n) is 6.11. The Morgan fingerprint density at radius 1 is 0.763 bits per heavy atom. The first-order valence-electron chi connectivity index (χ1n) is 11.9. The lowest BCUT2D eigenvalue weighted by Crippen LogP contribution is -2.05. The molecular formula is C30H24N4O4. The minimum absolute atomic E-state index is 0.0663. The summed E-state index contributed by atoms with van der Waals surface area (Å²) in [6.07, 6.45) is 1.80. The van der Waals surface area contributed by atoms with Gasteiger partial charge in [0.1, 0.15) is 5.69 Å². The van der Waals surface area contributed by atoms with Crippen LogP contribution >= 0.6 is 0 Å². The summed E-state index contributed by atoms with van der Waals surface area (Å²) in [5, 5.41) is 31.1. The van der Waals surface area contributed by atoms with Crippen LogP contribution in [0.15, 0.2) is 103 Å². The lowest BCUT2D eigenvalue weighted by molar-refractivity contribution is 0.0687. The van der Waals surface area contributed by atoms with E-state index in [1.165, 1.54) is 17.7 Å². The van der Waals surface area contributed by atoms with Crippen LogP contribution in [0.1, 0.15) is 31.8 Å². The zero-order valence-corrected chi connectivity index (χ0v) is 20.3. The molecule has 0 bridgehead atoms. The van der Waals surface area contributed by atoms with Crippen molar-refractivity contribution in [3.05, 3.63) is 126 Å². The molecule has 0 amide bonds. The van der Waals surface area contributed by atoms with Crippen molar-refractivity contribution >= 4 is 17.6 Å². The highest BCUT2D eigenvalue weighted by molar-refractivity contribution is 5.97. The highest BCUT2D eigenvalue weighted by atomic mass is 16.4. The summed E-state index contributed by atoms with van der Waals surface area (Å²) in [7, 11) is 0. The third-order valence-corrected chi connectivity index (χ3v) is 6.11. The molecule has 0 atom stereocenters. The Morgan fingerprint density at radius 3 is 2.24 bits per heavy atom. The maximum atomic E-state index is 11.8. The first kappa shape index (κ1) is 24.5. The number of carbonyl (C=O) groups is 2. The molecule has 3 N–H and O–H groups in total. The molecule has 0 aliphatic heterocycles. The van der Waals surface area contributed by atoms with Gasteiger partial charge in [0.25, 0.3) is 0 Å². The van der Waals surface area contributed by atoms with Crippen LogP contribution in [-0.2, 0) is 13.1 Å². The van der Waals surface area contributed by atoms with Crippen LogP contribution in [0.2, 0.25) is 0 Å². The van der Waals surface area contributed by atoms with Crippen molar-refractivity contribution in [3.8, 4) is 22.4 Å². The van der Waals surface area contributed by atoms with E-state index in [1.54, 1.807) is 41.2 Å². The van der Waals surface area contributed by atoms with E-state index >= 15 is 0 Å². The van der Waals surface area contributed by atoms with Crippen molar-refractivity contribution in [2.75, 3.05) is 5.32 Å². The molecule has 0 saturated carbocycles. The molecule has 1 heterocycles. The first-order valence-corrected chi connectivity index (χ1v) is 11.9. The number of nitrogens with zero attached hydrogens (tertiary/aromatic N) is 3. The minimum atomic E-state index is -1.10. The molecule has 8 heteroatoms. The summed E-state index contributed by atoms with van der Waals surface area (Å²) < 4.78 is 1.63. The van der Waals surface area contributed by atoms with Crippen molar-refractivity contribution in [1.29, 1.82) is 0 Å². The Bertz CT molecular complexity index is 1590. The van der Waals surface area contributed by atoms with Crippen LogP contribution in [0.3, 0.4) is 0 Å². The zero-order chi connectivity index (χ0) is 26.5. The predicted octanol–water partition coefficient (Wildman–Crippen LogP) is 5.67. The SMILES string of the molecule is O=C(O)c1cc(Cn2cc(-c3ccc(NCc4ccccc4)cc3)nn2)cc(-c2ccccc2C(=O)O)c1. The van der Waals surface area contributed by atoms with E-state index in [9.17, 15) is 19.8 Å². The van der Waals surface area contributed by atoms with E-state index in [2.05, 4.69) is 27.8 Å². The topological polar surface area (TPSA) is 117 Å². The fourth-order valence-electron chi connectivity index (χ4n) is 4.24. The average Bonchev–Trinajstić information content (AvgIpc) is 3.41. The number of hydrogen-bond donors (Lipinski definition) is 3. The molecule has 8 nitrogen and oxygen atoms in total. The number of hydrogen-bond acceptors (Lipinski definition) is 5. The number of benzene rings is 4. The molecule has 4 aromatic carbocycles. The van der Waals surface area contributed by atoms with Gasteiger partial charge < -0.3 is 15.5 Å². The lowest BCUT2D eigenvalue weighted by Gasteiger charge is -2.10. The van der Waals surface area contributed by atoms with Gasteiger partial charge >= 0.3 is 11.9 Å². The quantitative estimate of drug-likeness (QED) is 0.237. The van der Waals surface area contributed by atoms with E-state index < -0.39 is 11.9 Å². The van der Waals surface area contributed by atoms with Gasteiger partial charge in [-0.15, -0.1) is 5.10 Å². The number of nitrogens with one attached hydrogen (secondary N) is 1. The van der Waals surface area contributed by atoms with Gasteiger partial charge in [-0.3, -0.25) is 0 Å². The second kappa shape index (κ2) is 10.8. The van der Waals surface area contributed by atoms with Crippen LogP contribution in [0.4, 0.5) is 5.69 Å². The van der Waals surface area contributed by atoms with Crippen LogP contribution in [0.25, 0.3) is 22.4 Å². The average molecular weight is 505 g/mol. The van der Waals surface area contributed by atoms with Crippen molar-refractivity contribution < 1.29 is 19.8 Å². The minimum Gasteiger partial charge on any atom is -0.478 e. The Labute approximate surface area is 218 Å². The molecule has 0 saturated heterocycles. The van der Waals surface area contributed by atoms with Crippen molar-refractivity contribution in [2.24, 2.45) is 0 Å². The van der Waals surface area contributed by atoms with Gasteiger partial charge in [-0.2, -0.15) is 0 Å². The molecule has 0 aliphatic carbocycles. The maximum Gasteiger partial charge on any atom is 0.336 e. The molecule has 0 spiro atoms. The number of rotatable bonds is 9. The molecule has 188 valence electrons. The predicted molar refractivity (Wildman–Crippen MR) is 144 cm³/mol. The summed E-state index contributed by atoms with van der Waals surface area (Å²) >= 11 is 0. The fraction of sp³-hybridized carbons (Fsp3) is 0.0667. The number of aromatic carboxylic acids is 2. The number of carboxylic acids is 2. The summed E-state index contributed by atoms with van der Waals surface area (Å²) in [5.74, 6) is -2.17. The molecule has 0 unspecified atom stereocenters. The molecule has 0 fully saturated rings. The Morgan fingerprint density at radius 2 is 1.50 bits per heavy atom. The van der Waals surface area contributed by atoms with Crippen LogP contribution in [0, 0.1) is 0 Å². The van der Waals surface area contributed by atoms with E-state index in [0.717, 1.165) is 17.8 Å². The van der Waals surface area contributed by atoms with E-state index in [4.69, 9.17) is 0 Å². The van der Waals surface area contributed by atoms with Gasteiger partial charge in [0, 0.05) is 17.8 Å². The molecular weight excluding hydrogens is 480 g/mol. The van der Waals surface area contributed by atoms with E-state index in [-0.39, 0.29) is 17.7 Å². The van der Waals surface area contributed by atoms with Gasteiger partial charge in [0.2, 0.25) is 0 Å². The smallest absolute Gasteiger partial charge is 0.336 e. The van der Waals surface area contributed by atoms with Gasteiger partial charge in [0.05, 0.1) is 23.9 Å². The second-order valence-electron chi connectivity index (χ2n) is 8.79. The maximum absolute atomic E-state index is 11.8. The molecule has 5 aromatic rings. The van der Waals surface area contributed by atoms with Crippen molar-refractivity contribution in [2.45, 2.75) is 13.1 Å². The largest absolute Gasteiger partial charge is 0.478 e. The Balaban J connectivity index is 1.35. The van der Waals surface area contributed by atoms with E-state index in [0.29, 0.717) is 22.4 Å². The zero-order valence-electron chi connectivity index (χ0n) is 20.3. The second-order valence-corrected chi connectivity index (χ2v) is 8.79. The monoisotopic (exact) mass is 504 g/mol. The number of anilines is 1. The fourth-order valence-corrected chi connectivity index (χ4v) is 4.24. The Hall–Kier alpha value is -5.24. The van der Waals surface area contributed by atoms with Crippen molar-refractivity contribution in [1.82, 2.24) is 15.0 Å². The molecule has 0 radical (unpaired) electrons. The van der Waals surface area contributed by atoms with Gasteiger partial charge in [-0.25, -0.2) is 14.3 Å². The van der Waals surface area contributed by atoms with Crippen LogP contribution in [-0.4, -0.2) is 37.1 Å². The number of carboxylic acid groups (broad SMARTS) is 2. The summed E-state index contributed by atoms with van der Waals surface area (Å²) in [6.45, 7) is 0.998. The highest BCUT2D eigenvalue weighted by Crippen LogP contribution is 2.27. The van der Waals surface area contributed by atoms with Gasteiger partial charge in [0.15, 0.2) is 0 Å². The van der Waals surface area contributed by atoms with Crippen LogP contribution in [0.5, 0.6) is 0 Å². The lowest BCUT2D eigenvalue weighted by atomic mass is 9.96. The molecule has 0 aliphatic rings. The van der Waals surface area contributed by atoms with Crippen molar-refractivity contribution in [3.63, 3.8) is 0 Å². The third kappa shape index (κ3) is 5.60. The normalized spacial score (nSPS) is 10.7. The molecule has 5 rings (SSSR count). The standard InChI is InChI=1S/C30H24N4O4/c35-29(36)24-15-21(14-23(16-24)26-8-4-5-9-27(26)30(37)38)18-34-19-28(32-33-34)22-10-12-25(13-11-22)31-17-20-6-2-1-3-7-20/h1-16,19,31H,17-18H2,(H,35,36)(H,37,38). The first-order chi connectivity index (χ1) is 18.5. The molecule has 38 heavy (non-hydrogen) atoms. The van der Waals surface area contributed by atoms with Gasteiger partial charge in [-0.1, -0.05) is 65.9 Å². The Kier molecular flexibility index (Phi) is 6.95. The highest BCUT2D eigenvalue weighted by Gasteiger charge is 2.15. The van der Waals surface area contributed by atoms with E-state index in [1.807, 2.05) is 42.5 Å². The molecule has 1 aromatic heterocycles.